The van der Waals surface area contributed by atoms with E-state index in [1.807, 2.05) is 31.2 Å². The number of thioether (sulfide) groups is 1. The predicted molar refractivity (Wildman–Crippen MR) is 72.6 cm³/mol. The molecular formula is C15H13FOS. The molecular weight excluding hydrogens is 247 g/mol. The third-order valence-electron chi connectivity index (χ3n) is 2.60. The molecule has 0 aromatic heterocycles. The van der Waals surface area contributed by atoms with E-state index < -0.39 is 0 Å². The molecule has 0 unspecified atom stereocenters. The minimum absolute atomic E-state index is 0.0530. The summed E-state index contributed by atoms with van der Waals surface area (Å²) in [5, 5.41) is 0. The Morgan fingerprint density at radius 2 is 1.94 bits per heavy atom. The van der Waals surface area contributed by atoms with Crippen LogP contribution in [0.5, 0.6) is 0 Å². The van der Waals surface area contributed by atoms with Gasteiger partial charge in [-0.3, -0.25) is 4.79 Å². The van der Waals surface area contributed by atoms with Gasteiger partial charge in [0.1, 0.15) is 5.82 Å². The van der Waals surface area contributed by atoms with Crippen molar-refractivity contribution in [2.75, 3.05) is 5.75 Å². The standard InChI is InChI=1S/C15H13FOS/c1-11-5-2-3-8-15(11)18-10-14(17)12-6-4-7-13(16)9-12/h2-9H,10H2,1H3. The molecule has 0 heterocycles. The molecule has 0 fully saturated rings. The van der Waals surface area contributed by atoms with E-state index in [1.54, 1.807) is 12.1 Å². The highest BCUT2D eigenvalue weighted by molar-refractivity contribution is 8.00. The smallest absolute Gasteiger partial charge is 0.173 e. The molecule has 18 heavy (non-hydrogen) atoms. The molecule has 0 aliphatic heterocycles. The molecule has 0 amide bonds. The Morgan fingerprint density at radius 3 is 2.67 bits per heavy atom. The van der Waals surface area contributed by atoms with Gasteiger partial charge in [0.2, 0.25) is 0 Å². The van der Waals surface area contributed by atoms with Gasteiger partial charge in [0.05, 0.1) is 5.75 Å². The minimum atomic E-state index is -0.373. The van der Waals surface area contributed by atoms with E-state index in [0.29, 0.717) is 11.3 Å². The maximum atomic E-state index is 13.0. The van der Waals surface area contributed by atoms with Crippen molar-refractivity contribution in [3.63, 3.8) is 0 Å². The lowest BCUT2D eigenvalue weighted by Gasteiger charge is -2.04. The summed E-state index contributed by atoms with van der Waals surface area (Å²) < 4.78 is 13.0. The van der Waals surface area contributed by atoms with Crippen LogP contribution in [0.3, 0.4) is 0 Å². The molecule has 2 rings (SSSR count). The molecule has 0 spiro atoms. The van der Waals surface area contributed by atoms with Gasteiger partial charge in [-0.25, -0.2) is 4.39 Å². The average molecular weight is 260 g/mol. The normalized spacial score (nSPS) is 10.3. The molecule has 0 atom stereocenters. The van der Waals surface area contributed by atoms with E-state index in [0.717, 1.165) is 10.5 Å². The molecule has 0 saturated heterocycles. The summed E-state index contributed by atoms with van der Waals surface area (Å²) >= 11 is 1.48. The van der Waals surface area contributed by atoms with Crippen molar-refractivity contribution < 1.29 is 9.18 Å². The highest BCUT2D eigenvalue weighted by atomic mass is 32.2. The second kappa shape index (κ2) is 5.83. The van der Waals surface area contributed by atoms with Gasteiger partial charge >= 0.3 is 0 Å². The van der Waals surface area contributed by atoms with Crippen LogP contribution >= 0.6 is 11.8 Å². The summed E-state index contributed by atoms with van der Waals surface area (Å²) in [5.41, 5.74) is 1.57. The second-order valence-electron chi connectivity index (χ2n) is 3.99. The number of halogens is 1. The van der Waals surface area contributed by atoms with Gasteiger partial charge in [0, 0.05) is 10.5 Å². The summed E-state index contributed by atoms with van der Waals surface area (Å²) in [6, 6.07) is 13.7. The monoisotopic (exact) mass is 260 g/mol. The Labute approximate surface area is 110 Å². The van der Waals surface area contributed by atoms with Gasteiger partial charge in [-0.15, -0.1) is 11.8 Å². The van der Waals surface area contributed by atoms with Crippen molar-refractivity contribution in [2.45, 2.75) is 11.8 Å². The van der Waals surface area contributed by atoms with Crippen LogP contribution in [0.2, 0.25) is 0 Å². The van der Waals surface area contributed by atoms with E-state index in [-0.39, 0.29) is 11.6 Å². The quantitative estimate of drug-likeness (QED) is 0.608. The SMILES string of the molecule is Cc1ccccc1SCC(=O)c1cccc(F)c1. The van der Waals surface area contributed by atoms with Crippen molar-refractivity contribution >= 4 is 17.5 Å². The highest BCUT2D eigenvalue weighted by Crippen LogP contribution is 2.22. The van der Waals surface area contributed by atoms with E-state index in [9.17, 15) is 9.18 Å². The lowest BCUT2D eigenvalue weighted by molar-refractivity contribution is 0.102. The number of ketones is 1. The Balaban J connectivity index is 2.03. The molecule has 3 heteroatoms. The first-order valence-corrected chi connectivity index (χ1v) is 6.62. The molecule has 2 aromatic rings. The minimum Gasteiger partial charge on any atom is -0.293 e. The van der Waals surface area contributed by atoms with Gasteiger partial charge in [-0.1, -0.05) is 30.3 Å². The average Bonchev–Trinajstić information content (AvgIpc) is 2.37. The summed E-state index contributed by atoms with van der Waals surface area (Å²) in [4.78, 5) is 13.0. The van der Waals surface area contributed by atoms with Gasteiger partial charge in [0.15, 0.2) is 5.78 Å². The van der Waals surface area contributed by atoms with Gasteiger partial charge in [-0.05, 0) is 30.7 Å². The number of hydrogen-bond acceptors (Lipinski definition) is 2. The van der Waals surface area contributed by atoms with Crippen LogP contribution in [-0.2, 0) is 0 Å². The lowest BCUT2D eigenvalue weighted by Crippen LogP contribution is -2.02. The van der Waals surface area contributed by atoms with Crippen LogP contribution in [0.4, 0.5) is 4.39 Å². The molecule has 0 N–H and O–H groups in total. The number of benzene rings is 2. The maximum absolute atomic E-state index is 13.0. The molecule has 0 saturated carbocycles. The first-order chi connectivity index (χ1) is 8.66. The van der Waals surface area contributed by atoms with Crippen molar-refractivity contribution in [1.29, 1.82) is 0 Å². The molecule has 2 aromatic carbocycles. The Bertz CT molecular complexity index is 566. The van der Waals surface area contributed by atoms with Crippen LogP contribution < -0.4 is 0 Å². The summed E-state index contributed by atoms with van der Waals surface area (Å²) in [5.74, 6) is -0.0987. The Hall–Kier alpha value is -1.61. The van der Waals surface area contributed by atoms with E-state index in [4.69, 9.17) is 0 Å². The van der Waals surface area contributed by atoms with Crippen molar-refractivity contribution in [3.8, 4) is 0 Å². The van der Waals surface area contributed by atoms with Crippen molar-refractivity contribution in [3.05, 3.63) is 65.5 Å². The number of rotatable bonds is 4. The van der Waals surface area contributed by atoms with Crippen LogP contribution in [0.15, 0.2) is 53.4 Å². The molecule has 0 aliphatic carbocycles. The number of aryl methyl sites for hydroxylation is 1. The lowest BCUT2D eigenvalue weighted by atomic mass is 10.1. The van der Waals surface area contributed by atoms with Gasteiger partial charge in [0.25, 0.3) is 0 Å². The third-order valence-corrected chi connectivity index (χ3v) is 3.77. The molecule has 1 nitrogen and oxygen atoms in total. The number of hydrogen-bond donors (Lipinski definition) is 0. The molecule has 0 aliphatic rings. The zero-order chi connectivity index (χ0) is 13.0. The highest BCUT2D eigenvalue weighted by Gasteiger charge is 2.08. The van der Waals surface area contributed by atoms with Crippen molar-refractivity contribution in [2.24, 2.45) is 0 Å². The van der Waals surface area contributed by atoms with E-state index in [1.165, 1.54) is 23.9 Å². The van der Waals surface area contributed by atoms with E-state index >= 15 is 0 Å². The van der Waals surface area contributed by atoms with Gasteiger partial charge < -0.3 is 0 Å². The number of carbonyl (C=O) groups is 1. The first kappa shape index (κ1) is 12.8. The second-order valence-corrected chi connectivity index (χ2v) is 5.00. The number of Topliss-reactive ketones (excluding diaryl/α,β-unsaturated/α-hetero) is 1. The van der Waals surface area contributed by atoms with Crippen LogP contribution in [0, 0.1) is 12.7 Å². The first-order valence-electron chi connectivity index (χ1n) is 5.64. The Morgan fingerprint density at radius 1 is 1.17 bits per heavy atom. The number of carbonyl (C=O) groups excluding carboxylic acids is 1. The fourth-order valence-electron chi connectivity index (χ4n) is 1.61. The third kappa shape index (κ3) is 3.20. The largest absolute Gasteiger partial charge is 0.293 e. The van der Waals surface area contributed by atoms with Gasteiger partial charge in [-0.2, -0.15) is 0 Å². The summed E-state index contributed by atoms with van der Waals surface area (Å²) in [7, 11) is 0. The fraction of sp³-hybridized carbons (Fsp3) is 0.133. The predicted octanol–water partition coefficient (Wildman–Crippen LogP) is 4.11. The molecule has 0 bridgehead atoms. The molecule has 0 radical (unpaired) electrons. The molecule has 92 valence electrons. The fourth-order valence-corrected chi connectivity index (χ4v) is 2.53. The van der Waals surface area contributed by atoms with Crippen LogP contribution in [0.1, 0.15) is 15.9 Å². The van der Waals surface area contributed by atoms with Crippen LogP contribution in [0.25, 0.3) is 0 Å². The van der Waals surface area contributed by atoms with E-state index in [2.05, 4.69) is 0 Å². The summed E-state index contributed by atoms with van der Waals surface area (Å²) in [6.07, 6.45) is 0. The van der Waals surface area contributed by atoms with Crippen molar-refractivity contribution in [1.82, 2.24) is 0 Å². The zero-order valence-electron chi connectivity index (χ0n) is 10.0. The summed E-state index contributed by atoms with van der Waals surface area (Å²) in [6.45, 7) is 2.01. The maximum Gasteiger partial charge on any atom is 0.173 e. The zero-order valence-corrected chi connectivity index (χ0v) is 10.8. The van der Waals surface area contributed by atoms with Crippen LogP contribution in [-0.4, -0.2) is 11.5 Å². The Kier molecular flexibility index (Phi) is 4.15. The topological polar surface area (TPSA) is 17.1 Å².